The van der Waals surface area contributed by atoms with Gasteiger partial charge in [-0.2, -0.15) is 0 Å². The molecule has 5 nitrogen and oxygen atoms in total. The molecule has 0 atom stereocenters. The maximum absolute atomic E-state index is 11.9. The quantitative estimate of drug-likeness (QED) is 0.187. The number of pyridine rings is 1. The van der Waals surface area contributed by atoms with Crippen LogP contribution in [0.15, 0.2) is 60.8 Å². The zero-order chi connectivity index (χ0) is 27.8. The third-order valence-electron chi connectivity index (χ3n) is 8.30. The number of benzene rings is 3. The van der Waals surface area contributed by atoms with Crippen molar-refractivity contribution in [2.24, 2.45) is 0 Å². The molecule has 3 heterocycles. The third-order valence-corrected chi connectivity index (χ3v) is 9.06. The fraction of sp³-hybridized carbons (Fsp3) is 0.294. The van der Waals surface area contributed by atoms with Gasteiger partial charge in [-0.1, -0.05) is 53.9 Å². The summed E-state index contributed by atoms with van der Waals surface area (Å²) in [5, 5.41) is 0. The van der Waals surface area contributed by atoms with Crippen molar-refractivity contribution in [3.63, 3.8) is 0 Å². The maximum atomic E-state index is 11.9. The van der Waals surface area contributed by atoms with E-state index in [1.807, 2.05) is 6.20 Å². The largest absolute Gasteiger partial charge is 0.378 e. The third kappa shape index (κ3) is 4.69. The van der Waals surface area contributed by atoms with E-state index in [1.165, 1.54) is 44.6 Å². The molecule has 204 valence electrons. The fourth-order valence-electron chi connectivity index (χ4n) is 6.19. The van der Waals surface area contributed by atoms with Crippen LogP contribution in [0.2, 0.25) is 0 Å². The van der Waals surface area contributed by atoms with Gasteiger partial charge < -0.3 is 18.7 Å². The summed E-state index contributed by atoms with van der Waals surface area (Å²) < 4.78 is 7.88. The number of ether oxygens (including phenoxy) is 1. The molecular formula is C34H35N3O2S. The van der Waals surface area contributed by atoms with Gasteiger partial charge in [0.05, 0.1) is 25.4 Å². The van der Waals surface area contributed by atoms with Crippen LogP contribution < -0.4 is 9.21 Å². The zero-order valence-corrected chi connectivity index (χ0v) is 24.5. The molecule has 0 radical (unpaired) electrons. The van der Waals surface area contributed by atoms with Gasteiger partial charge in [0.25, 0.3) is 0 Å². The number of hydrogen-bond acceptors (Lipinski definition) is 6. The molecule has 0 amide bonds. The van der Waals surface area contributed by atoms with Gasteiger partial charge in [0.2, 0.25) is 0 Å². The number of anilines is 2. The minimum Gasteiger partial charge on any atom is -0.378 e. The number of carbonyl (C=O) groups is 1. The van der Waals surface area contributed by atoms with Gasteiger partial charge in [-0.05, 0) is 83.5 Å². The number of aromatic nitrogens is 1. The molecule has 0 saturated carbocycles. The molecule has 2 aliphatic heterocycles. The highest BCUT2D eigenvalue weighted by molar-refractivity contribution is 7.99. The Bertz CT molecular complexity index is 1560. The lowest BCUT2D eigenvalue weighted by atomic mass is 9.80. The number of hydrogen-bond donors (Lipinski definition) is 0. The van der Waals surface area contributed by atoms with Gasteiger partial charge >= 0.3 is 0 Å². The highest BCUT2D eigenvalue weighted by Crippen LogP contribution is 2.50. The number of rotatable bonds is 6. The summed E-state index contributed by atoms with van der Waals surface area (Å²) in [6.45, 7) is 10.6. The van der Waals surface area contributed by atoms with Gasteiger partial charge in [-0.25, -0.2) is 4.98 Å². The Morgan fingerprint density at radius 2 is 1.62 bits per heavy atom. The molecule has 6 heteroatoms. The summed E-state index contributed by atoms with van der Waals surface area (Å²) in [6.07, 6.45) is 5.57. The fourth-order valence-corrected chi connectivity index (χ4v) is 6.87. The van der Waals surface area contributed by atoms with Crippen LogP contribution in [0.1, 0.15) is 27.8 Å². The Morgan fingerprint density at radius 3 is 2.30 bits per heavy atom. The molecule has 0 bridgehead atoms. The van der Waals surface area contributed by atoms with Crippen LogP contribution in [-0.4, -0.2) is 43.8 Å². The summed E-state index contributed by atoms with van der Waals surface area (Å²) in [5.74, 6) is 1.00. The van der Waals surface area contributed by atoms with Gasteiger partial charge in [0, 0.05) is 43.1 Å². The average Bonchev–Trinajstić information content (AvgIpc) is 3.00. The van der Waals surface area contributed by atoms with Crippen molar-refractivity contribution >= 4 is 29.7 Å². The zero-order valence-electron chi connectivity index (χ0n) is 23.7. The van der Waals surface area contributed by atoms with Crippen molar-refractivity contribution < 1.29 is 9.53 Å². The number of carbonyl (C=O) groups excluding carboxylic acids is 1. The first-order valence-corrected chi connectivity index (χ1v) is 15.1. The van der Waals surface area contributed by atoms with Crippen molar-refractivity contribution in [1.29, 1.82) is 0 Å². The molecule has 0 spiro atoms. The van der Waals surface area contributed by atoms with Gasteiger partial charge in [-0.3, -0.25) is 0 Å². The van der Waals surface area contributed by atoms with Crippen molar-refractivity contribution in [3.05, 3.63) is 88.6 Å². The minimum atomic E-state index is 0.402. The number of aldehydes is 1. The smallest absolute Gasteiger partial charge is 0.128 e. The summed E-state index contributed by atoms with van der Waals surface area (Å²) in [4.78, 5) is 19.0. The normalized spacial score (nSPS) is 14.6. The van der Waals surface area contributed by atoms with Crippen LogP contribution in [0.3, 0.4) is 0 Å². The van der Waals surface area contributed by atoms with Gasteiger partial charge in [0.1, 0.15) is 12.1 Å². The number of morpholine rings is 1. The van der Waals surface area contributed by atoms with E-state index in [0.717, 1.165) is 67.2 Å². The predicted molar refractivity (Wildman–Crippen MR) is 167 cm³/mol. The van der Waals surface area contributed by atoms with Crippen LogP contribution in [0.5, 0.6) is 0 Å². The van der Waals surface area contributed by atoms with Gasteiger partial charge in [0.15, 0.2) is 0 Å². The number of fused-ring (bicyclic) bond motifs is 3. The molecular weight excluding hydrogens is 514 g/mol. The summed E-state index contributed by atoms with van der Waals surface area (Å²) in [7, 11) is 0. The van der Waals surface area contributed by atoms with E-state index in [-0.39, 0.29) is 0 Å². The SMILES string of the molecule is CSN1Cc2ccc(-c3ccc(N4CCOCC4)nc3)cc2-c2c(C)c(-c3ccc(C)cc3)c(CC=O)c(C)c21. The van der Waals surface area contributed by atoms with E-state index in [4.69, 9.17) is 9.72 Å². The average molecular weight is 550 g/mol. The lowest BCUT2D eigenvalue weighted by Gasteiger charge is -2.36. The standard InChI is InChI=1S/C34H35N3O2S/c1-22-5-7-25(8-6-22)32-24(3)33-30-19-26(27-11-12-31(35-20-27)36-14-17-39-18-15-36)9-10-28(30)21-37(40-4)34(33)23(2)29(32)13-16-38/h5-12,16,19-20H,13-15,17-18,21H2,1-4H3. The first-order valence-electron chi connectivity index (χ1n) is 13.9. The van der Waals surface area contributed by atoms with Crippen LogP contribution >= 0.6 is 11.9 Å². The second-order valence-electron chi connectivity index (χ2n) is 10.7. The van der Waals surface area contributed by atoms with Crippen LogP contribution in [0.4, 0.5) is 11.5 Å². The summed E-state index contributed by atoms with van der Waals surface area (Å²) >= 11 is 1.74. The van der Waals surface area contributed by atoms with Crippen molar-refractivity contribution in [2.75, 3.05) is 41.8 Å². The van der Waals surface area contributed by atoms with Gasteiger partial charge in [-0.15, -0.1) is 0 Å². The number of aryl methyl sites for hydroxylation is 1. The Morgan fingerprint density at radius 1 is 0.900 bits per heavy atom. The Balaban J connectivity index is 1.50. The predicted octanol–water partition coefficient (Wildman–Crippen LogP) is 7.18. The van der Waals surface area contributed by atoms with E-state index in [2.05, 4.69) is 90.8 Å². The topological polar surface area (TPSA) is 45.7 Å². The van der Waals surface area contributed by atoms with Crippen LogP contribution in [0, 0.1) is 20.8 Å². The minimum absolute atomic E-state index is 0.402. The number of nitrogens with zero attached hydrogens (tertiary/aromatic N) is 3. The monoisotopic (exact) mass is 549 g/mol. The molecule has 6 rings (SSSR count). The lowest BCUT2D eigenvalue weighted by Crippen LogP contribution is -2.36. The molecule has 0 aliphatic carbocycles. The molecule has 1 saturated heterocycles. The Kier molecular flexibility index (Phi) is 7.39. The molecule has 1 aromatic heterocycles. The first kappa shape index (κ1) is 26.6. The van der Waals surface area contributed by atoms with Crippen molar-refractivity contribution in [2.45, 2.75) is 33.7 Å². The first-order chi connectivity index (χ1) is 19.5. The molecule has 2 aliphatic rings. The van der Waals surface area contributed by atoms with E-state index >= 15 is 0 Å². The van der Waals surface area contributed by atoms with E-state index in [9.17, 15) is 4.79 Å². The van der Waals surface area contributed by atoms with Crippen molar-refractivity contribution in [1.82, 2.24) is 4.98 Å². The molecule has 3 aromatic carbocycles. The maximum Gasteiger partial charge on any atom is 0.128 e. The van der Waals surface area contributed by atoms with E-state index < -0.39 is 0 Å². The lowest BCUT2D eigenvalue weighted by molar-refractivity contribution is -0.107. The molecule has 40 heavy (non-hydrogen) atoms. The molecule has 1 fully saturated rings. The molecule has 0 N–H and O–H groups in total. The Labute approximate surface area is 241 Å². The highest BCUT2D eigenvalue weighted by atomic mass is 32.2. The second kappa shape index (κ2) is 11.1. The molecule has 4 aromatic rings. The van der Waals surface area contributed by atoms with Crippen LogP contribution in [-0.2, 0) is 22.5 Å². The van der Waals surface area contributed by atoms with Crippen molar-refractivity contribution in [3.8, 4) is 33.4 Å². The van der Waals surface area contributed by atoms with E-state index in [1.54, 1.807) is 11.9 Å². The Hall–Kier alpha value is -3.61. The van der Waals surface area contributed by atoms with E-state index in [0.29, 0.717) is 6.42 Å². The second-order valence-corrected chi connectivity index (χ2v) is 11.5. The summed E-state index contributed by atoms with van der Waals surface area (Å²) in [6, 6.07) is 19.8. The molecule has 0 unspecified atom stereocenters. The summed E-state index contributed by atoms with van der Waals surface area (Å²) in [5.41, 5.74) is 14.4. The highest BCUT2D eigenvalue weighted by Gasteiger charge is 2.30. The van der Waals surface area contributed by atoms with Crippen LogP contribution in [0.25, 0.3) is 33.4 Å².